The van der Waals surface area contributed by atoms with Gasteiger partial charge in [0.15, 0.2) is 0 Å². The number of nitrogens with one attached hydrogen (secondary N) is 1. The van der Waals surface area contributed by atoms with E-state index in [4.69, 9.17) is 21.7 Å². The average molecular weight is 334 g/mol. The summed E-state index contributed by atoms with van der Waals surface area (Å²) in [5.74, 6) is -2.05. The molecule has 0 fully saturated rings. The summed E-state index contributed by atoms with van der Waals surface area (Å²) in [5, 5.41) is 17.0. The van der Waals surface area contributed by atoms with Gasteiger partial charge in [-0.15, -0.1) is 0 Å². The van der Waals surface area contributed by atoms with Crippen LogP contribution in [0.5, 0.6) is 0 Å². The highest BCUT2D eigenvalue weighted by molar-refractivity contribution is 5.83. The highest BCUT2D eigenvalue weighted by atomic mass is 16.4. The molecule has 2 aromatic rings. The molecule has 1 aromatic carbocycles. The normalized spacial score (nSPS) is 12.6. The first kappa shape index (κ1) is 19.3. The quantitative estimate of drug-likeness (QED) is 0.519. The number of hydrogen-bond acceptors (Lipinski definition) is 5. The molecule has 1 heterocycles. The van der Waals surface area contributed by atoms with E-state index in [2.05, 4.69) is 9.97 Å². The Labute approximate surface area is 139 Å². The van der Waals surface area contributed by atoms with Crippen LogP contribution in [0.1, 0.15) is 28.8 Å². The first-order valence-corrected chi connectivity index (χ1v) is 7.35. The smallest absolute Gasteiger partial charge is 0.371 e. The van der Waals surface area contributed by atoms with Crippen LogP contribution in [0.25, 0.3) is 0 Å². The fraction of sp³-hybridized carbons (Fsp3) is 0.312. The van der Waals surface area contributed by atoms with E-state index < -0.39 is 18.0 Å². The summed E-state index contributed by atoms with van der Waals surface area (Å²) < 4.78 is 0. The number of aromatic nitrogens is 2. The predicted molar refractivity (Wildman–Crippen MR) is 88.7 cm³/mol. The molecule has 2 atom stereocenters. The van der Waals surface area contributed by atoms with Gasteiger partial charge < -0.3 is 26.7 Å². The Hall–Kier alpha value is -2.71. The van der Waals surface area contributed by atoms with Crippen molar-refractivity contribution < 1.29 is 19.8 Å². The number of hydrogen-bond donors (Lipinski definition) is 5. The number of rotatable bonds is 6. The zero-order valence-electron chi connectivity index (χ0n) is 13.3. The Morgan fingerprint density at radius 3 is 2.25 bits per heavy atom. The fourth-order valence-corrected chi connectivity index (χ4v) is 1.86. The van der Waals surface area contributed by atoms with Crippen LogP contribution in [0, 0.1) is 0 Å². The molecule has 130 valence electrons. The van der Waals surface area contributed by atoms with Gasteiger partial charge in [0.1, 0.15) is 6.04 Å². The van der Waals surface area contributed by atoms with Crippen LogP contribution in [0.2, 0.25) is 0 Å². The zero-order valence-corrected chi connectivity index (χ0v) is 13.3. The first-order valence-electron chi connectivity index (χ1n) is 7.35. The maximum atomic E-state index is 10.4. The molecule has 0 saturated heterocycles. The second-order valence-corrected chi connectivity index (χ2v) is 5.36. The van der Waals surface area contributed by atoms with Crippen molar-refractivity contribution in [1.82, 2.24) is 9.97 Å². The van der Waals surface area contributed by atoms with E-state index in [0.29, 0.717) is 18.5 Å². The van der Waals surface area contributed by atoms with E-state index in [1.54, 1.807) is 6.20 Å². The molecular formula is C16H22N4O4. The van der Waals surface area contributed by atoms with Gasteiger partial charge in [-0.05, 0) is 18.9 Å². The summed E-state index contributed by atoms with van der Waals surface area (Å²) in [7, 11) is 0. The van der Waals surface area contributed by atoms with E-state index in [-0.39, 0.29) is 11.9 Å². The average Bonchev–Trinajstić information content (AvgIpc) is 2.97. The second kappa shape index (κ2) is 9.43. The highest BCUT2D eigenvalue weighted by Gasteiger charge is 2.11. The Morgan fingerprint density at radius 2 is 1.79 bits per heavy atom. The lowest BCUT2D eigenvalue weighted by atomic mass is 10.1. The largest absolute Gasteiger partial charge is 0.480 e. The van der Waals surface area contributed by atoms with Crippen molar-refractivity contribution in [1.29, 1.82) is 0 Å². The van der Waals surface area contributed by atoms with Crippen LogP contribution in [-0.4, -0.2) is 44.2 Å². The van der Waals surface area contributed by atoms with Gasteiger partial charge in [0, 0.05) is 18.7 Å². The number of aromatic carboxylic acids is 1. The van der Waals surface area contributed by atoms with Crippen LogP contribution >= 0.6 is 0 Å². The molecule has 0 aliphatic heterocycles. The van der Waals surface area contributed by atoms with Crippen molar-refractivity contribution in [3.63, 3.8) is 0 Å². The number of carboxylic acid groups (broad SMARTS) is 2. The van der Waals surface area contributed by atoms with E-state index in [9.17, 15) is 9.59 Å². The highest BCUT2D eigenvalue weighted by Crippen LogP contribution is 2.01. The van der Waals surface area contributed by atoms with Gasteiger partial charge in [-0.2, -0.15) is 0 Å². The molecule has 0 aliphatic carbocycles. The predicted octanol–water partition coefficient (Wildman–Crippen LogP) is 0.639. The Bertz CT molecular complexity index is 655. The molecule has 1 aromatic heterocycles. The van der Waals surface area contributed by atoms with Crippen molar-refractivity contribution in [3.05, 3.63) is 53.6 Å². The lowest BCUT2D eigenvalue weighted by molar-refractivity contribution is -0.138. The molecule has 0 bridgehead atoms. The van der Waals surface area contributed by atoms with Crippen molar-refractivity contribution in [2.45, 2.75) is 31.8 Å². The fourth-order valence-electron chi connectivity index (χ4n) is 1.86. The summed E-state index contributed by atoms with van der Waals surface area (Å²) in [5.41, 5.74) is 12.5. The third kappa shape index (κ3) is 7.03. The number of nitrogens with two attached hydrogens (primary N) is 2. The SMILES string of the molecule is C[C@@H](N)Cc1c[nH]c(C(=O)O)n1.N[C@@H](Cc1ccccc1)C(=O)O. The summed E-state index contributed by atoms with van der Waals surface area (Å²) in [6.45, 7) is 1.84. The van der Waals surface area contributed by atoms with Crippen LogP contribution in [0.3, 0.4) is 0 Å². The molecule has 2 rings (SSSR count). The summed E-state index contributed by atoms with van der Waals surface area (Å²) in [6, 6.07) is 8.54. The van der Waals surface area contributed by atoms with Gasteiger partial charge in [0.2, 0.25) is 5.82 Å². The number of imidazole rings is 1. The summed E-state index contributed by atoms with van der Waals surface area (Å²) in [6.07, 6.45) is 2.53. The lowest BCUT2D eigenvalue weighted by Gasteiger charge is -2.04. The van der Waals surface area contributed by atoms with Crippen LogP contribution < -0.4 is 11.5 Å². The van der Waals surface area contributed by atoms with Crippen LogP contribution in [-0.2, 0) is 17.6 Å². The molecule has 0 spiro atoms. The molecule has 0 unspecified atom stereocenters. The number of benzene rings is 1. The summed E-state index contributed by atoms with van der Waals surface area (Å²) in [4.78, 5) is 27.1. The number of aromatic amines is 1. The number of H-pyrrole nitrogens is 1. The zero-order chi connectivity index (χ0) is 18.1. The van der Waals surface area contributed by atoms with Crippen molar-refractivity contribution >= 4 is 11.9 Å². The van der Waals surface area contributed by atoms with E-state index >= 15 is 0 Å². The Morgan fingerprint density at radius 1 is 1.17 bits per heavy atom. The van der Waals surface area contributed by atoms with Crippen molar-refractivity contribution in [2.75, 3.05) is 0 Å². The van der Waals surface area contributed by atoms with Gasteiger partial charge in [-0.1, -0.05) is 30.3 Å². The van der Waals surface area contributed by atoms with E-state index in [1.807, 2.05) is 37.3 Å². The molecule has 0 radical (unpaired) electrons. The Kier molecular flexibility index (Phi) is 7.60. The molecule has 8 nitrogen and oxygen atoms in total. The molecular weight excluding hydrogens is 312 g/mol. The van der Waals surface area contributed by atoms with E-state index in [1.165, 1.54) is 0 Å². The monoisotopic (exact) mass is 334 g/mol. The van der Waals surface area contributed by atoms with Crippen molar-refractivity contribution in [3.8, 4) is 0 Å². The minimum atomic E-state index is -1.05. The van der Waals surface area contributed by atoms with Crippen LogP contribution in [0.15, 0.2) is 36.5 Å². The molecule has 0 aliphatic rings. The summed E-state index contributed by atoms with van der Waals surface area (Å²) >= 11 is 0. The van der Waals surface area contributed by atoms with Gasteiger partial charge >= 0.3 is 11.9 Å². The molecule has 24 heavy (non-hydrogen) atoms. The lowest BCUT2D eigenvalue weighted by Crippen LogP contribution is -2.32. The molecule has 7 N–H and O–H groups in total. The number of carbonyl (C=O) groups is 2. The molecule has 0 saturated carbocycles. The Balaban J connectivity index is 0.000000240. The van der Waals surface area contributed by atoms with Gasteiger partial charge in [-0.25, -0.2) is 9.78 Å². The third-order valence-electron chi connectivity index (χ3n) is 2.98. The topological polar surface area (TPSA) is 155 Å². The molecule has 0 amide bonds. The first-order chi connectivity index (χ1) is 11.3. The third-order valence-corrected chi connectivity index (χ3v) is 2.98. The number of nitrogens with zero attached hydrogens (tertiary/aromatic N) is 1. The van der Waals surface area contributed by atoms with E-state index in [0.717, 1.165) is 5.56 Å². The molecule has 8 heteroatoms. The van der Waals surface area contributed by atoms with Gasteiger partial charge in [-0.3, -0.25) is 4.79 Å². The maximum absolute atomic E-state index is 10.4. The maximum Gasteiger partial charge on any atom is 0.371 e. The van der Waals surface area contributed by atoms with Crippen LogP contribution in [0.4, 0.5) is 0 Å². The number of carboxylic acids is 2. The number of aliphatic carboxylic acids is 1. The van der Waals surface area contributed by atoms with Gasteiger partial charge in [0.05, 0.1) is 5.69 Å². The minimum Gasteiger partial charge on any atom is -0.480 e. The van der Waals surface area contributed by atoms with Crippen molar-refractivity contribution in [2.24, 2.45) is 11.5 Å². The second-order valence-electron chi connectivity index (χ2n) is 5.36. The standard InChI is InChI=1S/C9H11NO2.C7H11N3O2/c10-8(9(11)12)6-7-4-2-1-3-5-7;1-4(8)2-5-3-9-6(10-5)7(11)12/h1-5,8H,6,10H2,(H,11,12);3-4H,2,8H2,1H3,(H,9,10)(H,11,12)/t8-;4-/m01/s1. The van der Waals surface area contributed by atoms with Gasteiger partial charge in [0.25, 0.3) is 0 Å². The minimum absolute atomic E-state index is 0.00468.